The first kappa shape index (κ1) is 23.6. The summed E-state index contributed by atoms with van der Waals surface area (Å²) < 4.78 is 40.6. The minimum atomic E-state index is -1.22. The van der Waals surface area contributed by atoms with Crippen LogP contribution in [0.5, 0.6) is 0 Å². The first-order chi connectivity index (χ1) is 14.6. The highest BCUT2D eigenvalue weighted by Crippen LogP contribution is 2.36. The van der Waals surface area contributed by atoms with Gasteiger partial charge in [0.15, 0.2) is 0 Å². The molecule has 6 nitrogen and oxygen atoms in total. The highest BCUT2D eigenvalue weighted by molar-refractivity contribution is 9.25. The molecule has 1 heterocycles. The first-order valence-electron chi connectivity index (χ1n) is 8.66. The second kappa shape index (κ2) is 9.17. The molecule has 0 aliphatic carbocycles. The number of alkyl halides is 3. The molecule has 0 aromatic heterocycles. The number of likely N-dealkylation sites (N-methyl/N-ethyl adjacent to an activating group) is 1. The number of rotatable bonds is 6. The standard InChI is InChI=1S/C19H14Br2ClF3N4O2/c1-28-16(30)15(29(18(28)31)14-5-3-2-4-11(14)24)27-17(19(20,21)9-22)26-13-7-6-10(23)8-12(13)25/h2-8,17,26H,9H2,1H3. The molecular formula is C19H14Br2ClF3N4O2. The van der Waals surface area contributed by atoms with Crippen molar-refractivity contribution in [2.75, 3.05) is 23.1 Å². The van der Waals surface area contributed by atoms with E-state index in [9.17, 15) is 22.8 Å². The monoisotopic (exact) mass is 580 g/mol. The van der Waals surface area contributed by atoms with Crippen LogP contribution >= 0.6 is 43.5 Å². The van der Waals surface area contributed by atoms with Crippen LogP contribution in [-0.2, 0) is 4.79 Å². The molecule has 2 aromatic rings. The maximum absolute atomic E-state index is 14.4. The Hall–Kier alpha value is -2.11. The van der Waals surface area contributed by atoms with Crippen LogP contribution in [-0.4, -0.2) is 45.0 Å². The molecule has 1 saturated heterocycles. The molecule has 12 heteroatoms. The van der Waals surface area contributed by atoms with Crippen molar-refractivity contribution in [1.29, 1.82) is 0 Å². The fourth-order valence-electron chi connectivity index (χ4n) is 2.72. The number of hydrogen-bond donors (Lipinski definition) is 1. The Bertz CT molecular complexity index is 1070. The Morgan fingerprint density at radius 2 is 1.81 bits per heavy atom. The zero-order chi connectivity index (χ0) is 22.9. The van der Waals surface area contributed by atoms with Gasteiger partial charge in [-0.3, -0.25) is 9.69 Å². The third-order valence-electron chi connectivity index (χ3n) is 4.33. The summed E-state index contributed by atoms with van der Waals surface area (Å²) in [5, 5.41) is 2.72. The van der Waals surface area contributed by atoms with Gasteiger partial charge in [0.25, 0.3) is 5.91 Å². The Morgan fingerprint density at radius 3 is 2.42 bits per heavy atom. The van der Waals surface area contributed by atoms with Crippen LogP contribution in [0, 0.1) is 17.5 Å². The van der Waals surface area contributed by atoms with Gasteiger partial charge >= 0.3 is 6.03 Å². The van der Waals surface area contributed by atoms with Gasteiger partial charge in [0, 0.05) is 13.1 Å². The molecule has 1 atom stereocenters. The molecule has 3 rings (SSSR count). The number of nitrogens with one attached hydrogen (secondary N) is 1. The molecular weight excluding hydrogens is 568 g/mol. The summed E-state index contributed by atoms with van der Waals surface area (Å²) in [6, 6.07) is 7.39. The Labute approximate surface area is 197 Å². The average Bonchev–Trinajstić information content (AvgIpc) is 2.93. The van der Waals surface area contributed by atoms with Crippen molar-refractivity contribution in [2.45, 2.75) is 9.40 Å². The molecule has 1 fully saturated rings. The van der Waals surface area contributed by atoms with Gasteiger partial charge in [0.05, 0.1) is 17.3 Å². The van der Waals surface area contributed by atoms with E-state index in [0.29, 0.717) is 6.07 Å². The summed E-state index contributed by atoms with van der Waals surface area (Å²) in [4.78, 5) is 31.2. The van der Waals surface area contributed by atoms with Gasteiger partial charge < -0.3 is 5.32 Å². The molecule has 0 bridgehead atoms. The first-order valence-corrected chi connectivity index (χ1v) is 10.8. The number of para-hydroxylation sites is 1. The lowest BCUT2D eigenvalue weighted by Crippen LogP contribution is -2.41. The normalized spacial score (nSPS) is 16.9. The number of carbonyl (C=O) groups excluding carboxylic acids is 2. The number of imide groups is 1. The van der Waals surface area contributed by atoms with Gasteiger partial charge in [-0.25, -0.2) is 27.9 Å². The highest BCUT2D eigenvalue weighted by atomic mass is 79.9. The molecule has 1 unspecified atom stereocenters. The van der Waals surface area contributed by atoms with E-state index in [4.69, 9.17) is 11.6 Å². The minimum absolute atomic E-state index is 0.123. The van der Waals surface area contributed by atoms with Crippen molar-refractivity contribution in [3.63, 3.8) is 0 Å². The van der Waals surface area contributed by atoms with Crippen LogP contribution in [0.3, 0.4) is 0 Å². The van der Waals surface area contributed by atoms with E-state index >= 15 is 0 Å². The van der Waals surface area contributed by atoms with Crippen LogP contribution in [0.2, 0.25) is 0 Å². The number of aliphatic imine (C=N–C) groups is 1. The van der Waals surface area contributed by atoms with Gasteiger partial charge in [-0.2, -0.15) is 0 Å². The largest absolute Gasteiger partial charge is 0.359 e. The minimum Gasteiger partial charge on any atom is -0.359 e. The van der Waals surface area contributed by atoms with Gasteiger partial charge in [0.2, 0.25) is 5.84 Å². The summed E-state index contributed by atoms with van der Waals surface area (Å²) in [5.74, 6) is -3.77. The third kappa shape index (κ3) is 4.73. The van der Waals surface area contributed by atoms with E-state index in [1.54, 1.807) is 0 Å². The van der Waals surface area contributed by atoms with Crippen LogP contribution in [0.1, 0.15) is 0 Å². The number of urea groups is 1. The summed E-state index contributed by atoms with van der Waals surface area (Å²) in [6.07, 6.45) is -1.18. The Kier molecular flexibility index (Phi) is 6.97. The second-order valence-corrected chi connectivity index (χ2v) is 10.6. The lowest BCUT2D eigenvalue weighted by atomic mass is 10.2. The van der Waals surface area contributed by atoms with E-state index in [1.165, 1.54) is 25.2 Å². The van der Waals surface area contributed by atoms with Crippen molar-refractivity contribution in [2.24, 2.45) is 4.99 Å². The van der Waals surface area contributed by atoms with Gasteiger partial charge in [0.1, 0.15) is 26.9 Å². The number of benzene rings is 2. The number of amidine groups is 1. The predicted molar refractivity (Wildman–Crippen MR) is 120 cm³/mol. The molecule has 3 amide bonds. The zero-order valence-electron chi connectivity index (χ0n) is 15.8. The zero-order valence-corrected chi connectivity index (χ0v) is 19.7. The fraction of sp³-hybridized carbons (Fsp3) is 0.211. The van der Waals surface area contributed by atoms with Gasteiger partial charge in [-0.1, -0.05) is 44.0 Å². The lowest BCUT2D eigenvalue weighted by molar-refractivity contribution is -0.119. The predicted octanol–water partition coefficient (Wildman–Crippen LogP) is 5.06. The summed E-state index contributed by atoms with van der Waals surface area (Å²) in [5.41, 5.74) is -0.317. The van der Waals surface area contributed by atoms with E-state index in [2.05, 4.69) is 42.2 Å². The smallest absolute Gasteiger partial charge is 0.337 e. The maximum atomic E-state index is 14.4. The maximum Gasteiger partial charge on any atom is 0.337 e. The molecule has 0 spiro atoms. The van der Waals surface area contributed by atoms with Crippen LogP contribution < -0.4 is 10.2 Å². The molecule has 1 aliphatic heterocycles. The fourth-order valence-corrected chi connectivity index (χ4v) is 3.30. The molecule has 1 N–H and O–H groups in total. The third-order valence-corrected chi connectivity index (χ3v) is 6.83. The Morgan fingerprint density at radius 1 is 1.13 bits per heavy atom. The van der Waals surface area contributed by atoms with E-state index < -0.39 is 44.6 Å². The SMILES string of the molecule is CN1C(=O)C(=NC(Nc2ccc(F)cc2F)C(Br)(Br)CCl)N(c2ccccc2F)C1=O. The number of anilines is 2. The van der Waals surface area contributed by atoms with E-state index in [-0.39, 0.29) is 17.3 Å². The summed E-state index contributed by atoms with van der Waals surface area (Å²) >= 11 is 12.6. The molecule has 1 aliphatic rings. The molecule has 0 radical (unpaired) electrons. The van der Waals surface area contributed by atoms with Crippen molar-refractivity contribution >= 4 is 72.6 Å². The molecule has 164 valence electrons. The van der Waals surface area contributed by atoms with Crippen LogP contribution in [0.25, 0.3) is 0 Å². The van der Waals surface area contributed by atoms with Crippen molar-refractivity contribution in [3.8, 4) is 0 Å². The average molecular weight is 583 g/mol. The van der Waals surface area contributed by atoms with Gasteiger partial charge in [-0.05, 0) is 24.3 Å². The van der Waals surface area contributed by atoms with Crippen molar-refractivity contribution in [3.05, 3.63) is 59.9 Å². The highest BCUT2D eigenvalue weighted by Gasteiger charge is 2.44. The second-order valence-electron chi connectivity index (χ2n) is 6.45. The number of halogens is 6. The van der Waals surface area contributed by atoms with Gasteiger partial charge in [-0.15, -0.1) is 11.6 Å². The summed E-state index contributed by atoms with van der Waals surface area (Å²) in [7, 11) is 1.22. The number of nitrogens with zero attached hydrogens (tertiary/aromatic N) is 3. The quantitative estimate of drug-likeness (QED) is 0.383. The van der Waals surface area contributed by atoms with E-state index in [0.717, 1.165) is 28.0 Å². The topological polar surface area (TPSA) is 65.0 Å². The molecule has 0 saturated carbocycles. The number of amides is 3. The number of carbonyl (C=O) groups is 2. The van der Waals surface area contributed by atoms with Crippen molar-refractivity contribution < 1.29 is 22.8 Å². The van der Waals surface area contributed by atoms with E-state index in [1.807, 2.05) is 0 Å². The lowest BCUT2D eigenvalue weighted by Gasteiger charge is -2.28. The van der Waals surface area contributed by atoms with Crippen molar-refractivity contribution in [1.82, 2.24) is 4.90 Å². The van der Waals surface area contributed by atoms with Crippen LogP contribution in [0.4, 0.5) is 29.3 Å². The summed E-state index contributed by atoms with van der Waals surface area (Å²) in [6.45, 7) is 0. The Balaban J connectivity index is 2.11. The number of hydrogen-bond acceptors (Lipinski definition) is 4. The molecule has 2 aromatic carbocycles. The van der Waals surface area contributed by atoms with Crippen LogP contribution in [0.15, 0.2) is 47.5 Å². The molecule has 31 heavy (non-hydrogen) atoms.